The molecule has 7 nitrogen and oxygen atoms in total. The van der Waals surface area contributed by atoms with E-state index < -0.39 is 0 Å². The van der Waals surface area contributed by atoms with Crippen LogP contribution in [0.4, 0.5) is 4.39 Å². The first-order valence-electron chi connectivity index (χ1n) is 11.8. The van der Waals surface area contributed by atoms with Gasteiger partial charge in [0.2, 0.25) is 5.89 Å². The summed E-state index contributed by atoms with van der Waals surface area (Å²) in [5, 5.41) is 11.9. The van der Waals surface area contributed by atoms with Crippen LogP contribution < -0.4 is 5.32 Å². The van der Waals surface area contributed by atoms with Gasteiger partial charge in [-0.2, -0.15) is 0 Å². The molecule has 1 atom stereocenters. The smallest absolute Gasteiger partial charge is 0.228 e. The number of halogens is 1. The van der Waals surface area contributed by atoms with Crippen LogP contribution in [0.1, 0.15) is 18.1 Å². The average Bonchev–Trinajstić information content (AvgIpc) is 3.49. The molecule has 36 heavy (non-hydrogen) atoms. The van der Waals surface area contributed by atoms with Gasteiger partial charge < -0.3 is 19.0 Å². The van der Waals surface area contributed by atoms with E-state index in [0.29, 0.717) is 24.9 Å². The minimum atomic E-state index is -0.286. The van der Waals surface area contributed by atoms with Crippen LogP contribution in [-0.4, -0.2) is 39.5 Å². The van der Waals surface area contributed by atoms with E-state index in [9.17, 15) is 4.39 Å². The Hall–Kier alpha value is -3.88. The highest BCUT2D eigenvalue weighted by Crippen LogP contribution is 2.40. The summed E-state index contributed by atoms with van der Waals surface area (Å²) in [5.41, 5.74) is 7.03. The van der Waals surface area contributed by atoms with Gasteiger partial charge in [0, 0.05) is 37.9 Å². The topological polar surface area (TPSA) is 78.0 Å². The molecule has 0 aliphatic heterocycles. The van der Waals surface area contributed by atoms with Crippen LogP contribution in [0.15, 0.2) is 65.3 Å². The second kappa shape index (κ2) is 10.0. The summed E-state index contributed by atoms with van der Waals surface area (Å²) in [6, 6.07) is 16.7. The van der Waals surface area contributed by atoms with E-state index in [-0.39, 0.29) is 11.9 Å². The molecule has 0 aliphatic rings. The number of aromatic nitrogens is 4. The fraction of sp³-hybridized carbons (Fsp3) is 0.250. The molecule has 1 unspecified atom stereocenters. The summed E-state index contributed by atoms with van der Waals surface area (Å²) in [6.45, 7) is 5.46. The Morgan fingerprint density at radius 2 is 1.89 bits per heavy atom. The number of fused-ring (bicyclic) bond motifs is 1. The van der Waals surface area contributed by atoms with Gasteiger partial charge in [-0.3, -0.25) is 0 Å². The van der Waals surface area contributed by atoms with Gasteiger partial charge >= 0.3 is 0 Å². The van der Waals surface area contributed by atoms with Crippen LogP contribution in [0.2, 0.25) is 0 Å². The number of rotatable bonds is 8. The Morgan fingerprint density at radius 3 is 2.61 bits per heavy atom. The Morgan fingerprint density at radius 1 is 1.11 bits per heavy atom. The first-order chi connectivity index (χ1) is 17.4. The molecule has 2 heterocycles. The summed E-state index contributed by atoms with van der Waals surface area (Å²) in [5.74, 6) is 0.875. The maximum Gasteiger partial charge on any atom is 0.228 e. The lowest BCUT2D eigenvalue weighted by Gasteiger charge is -2.13. The van der Waals surface area contributed by atoms with Gasteiger partial charge in [-0.05, 0) is 60.4 Å². The maximum absolute atomic E-state index is 13.6. The van der Waals surface area contributed by atoms with Crippen molar-refractivity contribution in [3.05, 3.63) is 77.9 Å². The summed E-state index contributed by atoms with van der Waals surface area (Å²) in [6.07, 6.45) is 1.65. The van der Waals surface area contributed by atoms with Gasteiger partial charge in [0.05, 0.1) is 6.61 Å². The van der Waals surface area contributed by atoms with E-state index >= 15 is 0 Å². The zero-order valence-electron chi connectivity index (χ0n) is 20.7. The number of ether oxygens (including phenoxy) is 1. The molecule has 0 saturated heterocycles. The fourth-order valence-corrected chi connectivity index (χ4v) is 4.44. The van der Waals surface area contributed by atoms with Crippen LogP contribution >= 0.6 is 0 Å². The molecular weight excluding hydrogens is 457 g/mol. The van der Waals surface area contributed by atoms with Crippen molar-refractivity contribution in [3.63, 3.8) is 0 Å². The number of hydrogen-bond donors (Lipinski definition) is 1. The van der Waals surface area contributed by atoms with E-state index in [4.69, 9.17) is 14.1 Å². The zero-order valence-corrected chi connectivity index (χ0v) is 20.7. The Bertz CT molecular complexity index is 1510. The molecule has 2 aromatic heterocycles. The normalized spacial score (nSPS) is 12.4. The van der Waals surface area contributed by atoms with Crippen molar-refractivity contribution in [1.29, 1.82) is 0 Å². The predicted octanol–water partition coefficient (Wildman–Crippen LogP) is 5.53. The molecular formula is C28H28FN5O2. The van der Waals surface area contributed by atoms with Crippen molar-refractivity contribution in [1.82, 2.24) is 25.1 Å². The summed E-state index contributed by atoms with van der Waals surface area (Å²) in [4.78, 5) is 4.88. The monoisotopic (exact) mass is 485 g/mol. The lowest BCUT2D eigenvalue weighted by Crippen LogP contribution is -2.29. The molecule has 3 aromatic carbocycles. The van der Waals surface area contributed by atoms with Gasteiger partial charge in [-0.15, -0.1) is 10.2 Å². The standard InChI is InChI=1S/C28H28FN5O2/c1-17-12-19(14-30-18(2)15-35-4)13-24-26(17)36-28(32-24)23-7-5-6-22(20-8-10-21(29)11-9-20)25(23)27-33-31-16-34(27)3/h5-13,16,18,30H,14-15H2,1-4H3. The van der Waals surface area contributed by atoms with E-state index in [2.05, 4.69) is 28.5 Å². The lowest BCUT2D eigenvalue weighted by atomic mass is 9.94. The third kappa shape index (κ3) is 4.65. The van der Waals surface area contributed by atoms with Crippen molar-refractivity contribution in [2.45, 2.75) is 26.4 Å². The molecule has 0 radical (unpaired) electrons. The third-order valence-corrected chi connectivity index (χ3v) is 6.19. The lowest BCUT2D eigenvalue weighted by molar-refractivity contribution is 0.171. The van der Waals surface area contributed by atoms with Crippen LogP contribution in [-0.2, 0) is 18.3 Å². The van der Waals surface area contributed by atoms with Gasteiger partial charge in [0.15, 0.2) is 11.4 Å². The number of nitrogens with one attached hydrogen (secondary N) is 1. The minimum Gasteiger partial charge on any atom is -0.436 e. The van der Waals surface area contributed by atoms with Crippen molar-refractivity contribution < 1.29 is 13.5 Å². The zero-order chi connectivity index (χ0) is 25.2. The highest BCUT2D eigenvalue weighted by atomic mass is 19.1. The molecule has 0 spiro atoms. The minimum absolute atomic E-state index is 0.238. The highest BCUT2D eigenvalue weighted by Gasteiger charge is 2.22. The van der Waals surface area contributed by atoms with Crippen molar-refractivity contribution in [3.8, 4) is 34.0 Å². The Labute approximate surface area is 209 Å². The van der Waals surface area contributed by atoms with E-state index in [1.165, 1.54) is 12.1 Å². The van der Waals surface area contributed by atoms with Crippen LogP contribution in [0, 0.1) is 12.7 Å². The molecule has 5 rings (SSSR count). The highest BCUT2D eigenvalue weighted by molar-refractivity contribution is 5.92. The summed E-state index contributed by atoms with van der Waals surface area (Å²) in [7, 11) is 3.59. The first kappa shape index (κ1) is 23.8. The number of oxazole rings is 1. The van der Waals surface area contributed by atoms with Gasteiger partial charge in [-0.1, -0.05) is 30.3 Å². The van der Waals surface area contributed by atoms with Crippen molar-refractivity contribution >= 4 is 11.1 Å². The molecule has 184 valence electrons. The molecule has 0 fully saturated rings. The molecule has 0 amide bonds. The van der Waals surface area contributed by atoms with Gasteiger partial charge in [0.1, 0.15) is 17.7 Å². The summed E-state index contributed by atoms with van der Waals surface area (Å²) < 4.78 is 27.0. The molecule has 0 bridgehead atoms. The van der Waals surface area contributed by atoms with Gasteiger partial charge in [-0.25, -0.2) is 9.37 Å². The number of methoxy groups -OCH3 is 1. The van der Waals surface area contributed by atoms with Crippen molar-refractivity contribution in [2.24, 2.45) is 7.05 Å². The van der Waals surface area contributed by atoms with E-state index in [1.807, 2.05) is 42.8 Å². The molecule has 0 saturated carbocycles. The Kier molecular flexibility index (Phi) is 6.63. The predicted molar refractivity (Wildman–Crippen MR) is 138 cm³/mol. The van der Waals surface area contributed by atoms with Crippen LogP contribution in [0.3, 0.4) is 0 Å². The van der Waals surface area contributed by atoms with Crippen LogP contribution in [0.5, 0.6) is 0 Å². The second-order valence-electron chi connectivity index (χ2n) is 9.02. The SMILES string of the molecule is COCC(C)NCc1cc(C)c2oc(-c3cccc(-c4ccc(F)cc4)c3-c3nncn3C)nc2c1. The van der Waals surface area contributed by atoms with Crippen LogP contribution in [0.25, 0.3) is 45.1 Å². The second-order valence-corrected chi connectivity index (χ2v) is 9.02. The fourth-order valence-electron chi connectivity index (χ4n) is 4.44. The Balaban J connectivity index is 1.62. The number of nitrogens with zero attached hydrogens (tertiary/aromatic N) is 4. The molecule has 0 aliphatic carbocycles. The van der Waals surface area contributed by atoms with E-state index in [0.717, 1.165) is 44.5 Å². The number of benzene rings is 3. The third-order valence-electron chi connectivity index (χ3n) is 6.19. The largest absolute Gasteiger partial charge is 0.436 e. The summed E-state index contributed by atoms with van der Waals surface area (Å²) >= 11 is 0. The van der Waals surface area contributed by atoms with Gasteiger partial charge in [0.25, 0.3) is 0 Å². The molecule has 1 N–H and O–H groups in total. The molecule has 5 aromatic rings. The maximum atomic E-state index is 13.6. The number of hydrogen-bond acceptors (Lipinski definition) is 6. The first-order valence-corrected chi connectivity index (χ1v) is 11.8. The van der Waals surface area contributed by atoms with Crippen molar-refractivity contribution in [2.75, 3.05) is 13.7 Å². The molecule has 8 heteroatoms. The van der Waals surface area contributed by atoms with E-state index in [1.54, 1.807) is 25.6 Å². The quantitative estimate of drug-likeness (QED) is 0.311. The average molecular weight is 486 g/mol. The number of aryl methyl sites for hydroxylation is 2.